The van der Waals surface area contributed by atoms with E-state index in [1.165, 1.54) is 0 Å². The van der Waals surface area contributed by atoms with Gasteiger partial charge >= 0.3 is 0 Å². The molecule has 5 nitrogen and oxygen atoms in total. The molecule has 0 radical (unpaired) electrons. The summed E-state index contributed by atoms with van der Waals surface area (Å²) in [5.74, 6) is 0.708. The van der Waals surface area contributed by atoms with Gasteiger partial charge in [0.2, 0.25) is 0 Å². The van der Waals surface area contributed by atoms with Crippen LogP contribution in [0.2, 0.25) is 0 Å². The van der Waals surface area contributed by atoms with Gasteiger partial charge in [0.15, 0.2) is 11.5 Å². The Morgan fingerprint density at radius 3 is 2.59 bits per heavy atom. The summed E-state index contributed by atoms with van der Waals surface area (Å²) in [5, 5.41) is 12.3. The normalized spacial score (nSPS) is 10.9. The van der Waals surface area contributed by atoms with E-state index < -0.39 is 5.91 Å². The van der Waals surface area contributed by atoms with Crippen LogP contribution in [0.1, 0.15) is 18.1 Å². The lowest BCUT2D eigenvalue weighted by molar-refractivity contribution is -0.112. The Morgan fingerprint density at radius 2 is 1.91 bits per heavy atom. The fourth-order valence-corrected chi connectivity index (χ4v) is 4.06. The van der Waals surface area contributed by atoms with Crippen LogP contribution in [0.15, 0.2) is 76.8 Å². The molecule has 0 atom stereocenters. The molecule has 0 unspecified atom stereocenters. The third-order valence-electron chi connectivity index (χ3n) is 4.32. The predicted molar refractivity (Wildman–Crippen MR) is 137 cm³/mol. The largest absolute Gasteiger partial charge is 0.490 e. The number of nitriles is 1. The lowest BCUT2D eigenvalue weighted by Crippen LogP contribution is -2.13. The van der Waals surface area contributed by atoms with Gasteiger partial charge in [-0.15, -0.1) is 0 Å². The number of carbonyl (C=O) groups excluding carboxylic acids is 1. The SMILES string of the molecule is CCOc1cc(/C=C(/C#N)C(=O)Nc2cccc(Br)c2)cc(I)c1OCc1ccccc1. The Morgan fingerprint density at radius 1 is 1.12 bits per heavy atom. The van der Waals surface area contributed by atoms with Crippen molar-refractivity contribution in [3.63, 3.8) is 0 Å². The highest BCUT2D eigenvalue weighted by atomic mass is 127. The number of rotatable bonds is 8. The predicted octanol–water partition coefficient (Wildman–Crippen LogP) is 6.58. The summed E-state index contributed by atoms with van der Waals surface area (Å²) in [6.45, 7) is 2.76. The standard InChI is InChI=1S/C25H20BrIN2O3/c1-2-31-23-13-18(12-22(27)24(23)32-16-17-7-4-3-5-8-17)11-19(15-28)25(30)29-21-10-6-9-20(26)14-21/h3-14H,2,16H2,1H3,(H,29,30)/b19-11-. The number of ether oxygens (including phenoxy) is 2. The highest BCUT2D eigenvalue weighted by Gasteiger charge is 2.15. The van der Waals surface area contributed by atoms with Crippen molar-refractivity contribution in [2.45, 2.75) is 13.5 Å². The summed E-state index contributed by atoms with van der Waals surface area (Å²) >= 11 is 5.54. The summed E-state index contributed by atoms with van der Waals surface area (Å²) < 4.78 is 13.5. The highest BCUT2D eigenvalue weighted by molar-refractivity contribution is 14.1. The second kappa shape index (κ2) is 11.7. The third kappa shape index (κ3) is 6.58. The van der Waals surface area contributed by atoms with Crippen LogP contribution in [-0.4, -0.2) is 12.5 Å². The monoisotopic (exact) mass is 602 g/mol. The van der Waals surface area contributed by atoms with Crippen molar-refractivity contribution in [2.75, 3.05) is 11.9 Å². The van der Waals surface area contributed by atoms with Crippen molar-refractivity contribution in [1.29, 1.82) is 5.26 Å². The molecule has 3 rings (SSSR count). The summed E-state index contributed by atoms with van der Waals surface area (Å²) in [4.78, 5) is 12.6. The zero-order valence-electron chi connectivity index (χ0n) is 17.3. The van der Waals surface area contributed by atoms with Crippen LogP contribution in [0.4, 0.5) is 5.69 Å². The van der Waals surface area contributed by atoms with Crippen molar-refractivity contribution < 1.29 is 14.3 Å². The molecule has 0 spiro atoms. The van der Waals surface area contributed by atoms with Crippen LogP contribution in [-0.2, 0) is 11.4 Å². The summed E-state index contributed by atoms with van der Waals surface area (Å²) in [5.41, 5.74) is 2.30. The average Bonchev–Trinajstić information content (AvgIpc) is 2.77. The van der Waals surface area contributed by atoms with E-state index in [1.807, 2.05) is 55.5 Å². The minimum atomic E-state index is -0.483. The van der Waals surface area contributed by atoms with E-state index in [2.05, 4.69) is 43.8 Å². The van der Waals surface area contributed by atoms with Crippen molar-refractivity contribution in [3.05, 3.63) is 91.5 Å². The molecule has 3 aromatic rings. The maximum Gasteiger partial charge on any atom is 0.266 e. The molecule has 0 aliphatic heterocycles. The van der Waals surface area contributed by atoms with Crippen molar-refractivity contribution in [1.82, 2.24) is 0 Å². The number of hydrogen-bond acceptors (Lipinski definition) is 4. The number of carbonyl (C=O) groups is 1. The first kappa shape index (κ1) is 23.8. The zero-order valence-corrected chi connectivity index (χ0v) is 21.0. The molecule has 162 valence electrons. The van der Waals surface area contributed by atoms with Gasteiger partial charge in [0.25, 0.3) is 5.91 Å². The zero-order chi connectivity index (χ0) is 22.9. The topological polar surface area (TPSA) is 71.3 Å². The number of hydrogen-bond donors (Lipinski definition) is 1. The quantitative estimate of drug-likeness (QED) is 0.180. The van der Waals surface area contributed by atoms with E-state index in [1.54, 1.807) is 30.3 Å². The molecule has 0 bridgehead atoms. The van der Waals surface area contributed by atoms with Crippen LogP contribution < -0.4 is 14.8 Å². The van der Waals surface area contributed by atoms with E-state index >= 15 is 0 Å². The van der Waals surface area contributed by atoms with Gasteiger partial charge in [-0.05, 0) is 77.0 Å². The molecule has 0 saturated heterocycles. The molecule has 0 fully saturated rings. The van der Waals surface area contributed by atoms with Crippen molar-refractivity contribution in [3.8, 4) is 17.6 Å². The lowest BCUT2D eigenvalue weighted by Gasteiger charge is -2.15. The van der Waals surface area contributed by atoms with Crippen LogP contribution in [0.25, 0.3) is 6.08 Å². The minimum absolute atomic E-state index is 0.0128. The summed E-state index contributed by atoms with van der Waals surface area (Å²) in [6.07, 6.45) is 1.54. The molecular formula is C25H20BrIN2O3. The molecule has 1 N–H and O–H groups in total. The molecule has 0 aliphatic carbocycles. The van der Waals surface area contributed by atoms with Gasteiger partial charge in [0, 0.05) is 10.2 Å². The van der Waals surface area contributed by atoms with Crippen molar-refractivity contribution in [2.24, 2.45) is 0 Å². The maximum atomic E-state index is 12.6. The van der Waals surface area contributed by atoms with Gasteiger partial charge in [0.05, 0.1) is 10.2 Å². The smallest absolute Gasteiger partial charge is 0.266 e. The van der Waals surface area contributed by atoms with E-state index in [0.29, 0.717) is 36.0 Å². The van der Waals surface area contributed by atoms with Crippen LogP contribution in [0, 0.1) is 14.9 Å². The van der Waals surface area contributed by atoms with Crippen LogP contribution in [0.5, 0.6) is 11.5 Å². The summed E-state index contributed by atoms with van der Waals surface area (Å²) in [7, 11) is 0. The van der Waals surface area contributed by atoms with Crippen molar-refractivity contribution >= 4 is 56.2 Å². The number of anilines is 1. The molecule has 1 amide bonds. The van der Waals surface area contributed by atoms with Gasteiger partial charge in [0.1, 0.15) is 18.2 Å². The maximum absolute atomic E-state index is 12.6. The van der Waals surface area contributed by atoms with Crippen LogP contribution in [0.3, 0.4) is 0 Å². The number of nitrogens with one attached hydrogen (secondary N) is 1. The number of nitrogens with zero attached hydrogens (tertiary/aromatic N) is 1. The highest BCUT2D eigenvalue weighted by Crippen LogP contribution is 2.35. The molecule has 32 heavy (non-hydrogen) atoms. The van der Waals surface area contributed by atoms with Gasteiger partial charge in [-0.25, -0.2) is 0 Å². The van der Waals surface area contributed by atoms with Gasteiger partial charge in [-0.3, -0.25) is 4.79 Å². The first-order chi connectivity index (χ1) is 15.5. The first-order valence-corrected chi connectivity index (χ1v) is 11.7. The Bertz CT molecular complexity index is 1170. The Hall–Kier alpha value is -2.83. The number of benzene rings is 3. The molecule has 0 heterocycles. The van der Waals surface area contributed by atoms with E-state index in [-0.39, 0.29) is 5.57 Å². The van der Waals surface area contributed by atoms with Gasteiger partial charge < -0.3 is 14.8 Å². The second-order valence-corrected chi connectivity index (χ2v) is 8.75. The molecule has 0 aromatic heterocycles. The van der Waals surface area contributed by atoms with Gasteiger partial charge in [-0.2, -0.15) is 5.26 Å². The first-order valence-electron chi connectivity index (χ1n) is 9.82. The van der Waals surface area contributed by atoms with Crippen LogP contribution >= 0.6 is 38.5 Å². The molecule has 0 saturated carbocycles. The minimum Gasteiger partial charge on any atom is -0.490 e. The average molecular weight is 603 g/mol. The molecular weight excluding hydrogens is 583 g/mol. The second-order valence-electron chi connectivity index (χ2n) is 6.67. The molecule has 0 aliphatic rings. The Balaban J connectivity index is 1.84. The molecule has 7 heteroatoms. The fourth-order valence-electron chi connectivity index (χ4n) is 2.88. The van der Waals surface area contributed by atoms with Gasteiger partial charge in [-0.1, -0.05) is 52.3 Å². The summed E-state index contributed by atoms with van der Waals surface area (Å²) in [6, 6.07) is 22.7. The van der Waals surface area contributed by atoms with E-state index in [9.17, 15) is 10.1 Å². The Labute approximate surface area is 209 Å². The number of amides is 1. The van der Waals surface area contributed by atoms with E-state index in [4.69, 9.17) is 9.47 Å². The lowest BCUT2D eigenvalue weighted by atomic mass is 10.1. The van der Waals surface area contributed by atoms with E-state index in [0.717, 1.165) is 13.6 Å². The fraction of sp³-hybridized carbons (Fsp3) is 0.120. The Kier molecular flexibility index (Phi) is 8.71. The molecule has 3 aromatic carbocycles. The third-order valence-corrected chi connectivity index (χ3v) is 5.61. The number of halogens is 2.